The summed E-state index contributed by atoms with van der Waals surface area (Å²) in [6.07, 6.45) is 2.84. The lowest BCUT2D eigenvalue weighted by Crippen LogP contribution is -2.41. The number of aromatic nitrogens is 2. The van der Waals surface area contributed by atoms with Gasteiger partial charge in [0.1, 0.15) is 5.76 Å². The Kier molecular flexibility index (Phi) is 5.87. The smallest absolute Gasteiger partial charge is 0.273 e. The van der Waals surface area contributed by atoms with E-state index in [9.17, 15) is 9.59 Å². The molecule has 26 heavy (non-hydrogen) atoms. The third kappa shape index (κ3) is 4.81. The molecule has 0 aromatic carbocycles. The Bertz CT molecular complexity index is 764. The number of rotatable bonds is 6. The molecule has 2 amide bonds. The maximum atomic E-state index is 12.3. The second-order valence-electron chi connectivity index (χ2n) is 6.53. The van der Waals surface area contributed by atoms with Gasteiger partial charge in [0.15, 0.2) is 10.8 Å². The SMILES string of the molecule is Cc1cc(C(=O)NCC2CCN(C(=O)CCc3csc(N)n3)CC2)no1. The van der Waals surface area contributed by atoms with Crippen LogP contribution in [0.2, 0.25) is 0 Å². The second-order valence-corrected chi connectivity index (χ2v) is 7.42. The molecule has 0 aliphatic carbocycles. The molecule has 9 heteroatoms. The number of piperidine rings is 1. The van der Waals surface area contributed by atoms with E-state index in [4.69, 9.17) is 10.3 Å². The number of carbonyl (C=O) groups excluding carboxylic acids is 2. The second kappa shape index (κ2) is 8.31. The molecule has 0 unspecified atom stereocenters. The van der Waals surface area contributed by atoms with Crippen LogP contribution in [0.5, 0.6) is 0 Å². The Morgan fingerprint density at radius 1 is 1.42 bits per heavy atom. The minimum Gasteiger partial charge on any atom is -0.375 e. The molecule has 1 fully saturated rings. The van der Waals surface area contributed by atoms with Gasteiger partial charge in [-0.3, -0.25) is 9.59 Å². The Labute approximate surface area is 155 Å². The monoisotopic (exact) mass is 377 g/mol. The summed E-state index contributed by atoms with van der Waals surface area (Å²) in [5, 5.41) is 9.04. The van der Waals surface area contributed by atoms with Gasteiger partial charge in [0.25, 0.3) is 5.91 Å². The summed E-state index contributed by atoms with van der Waals surface area (Å²) >= 11 is 1.40. The highest BCUT2D eigenvalue weighted by molar-refractivity contribution is 7.13. The number of likely N-dealkylation sites (tertiary alicyclic amines) is 1. The van der Waals surface area contributed by atoms with Crippen LogP contribution in [0, 0.1) is 12.8 Å². The summed E-state index contributed by atoms with van der Waals surface area (Å²) in [5.41, 5.74) is 6.78. The fourth-order valence-electron chi connectivity index (χ4n) is 3.02. The molecule has 3 heterocycles. The first-order chi connectivity index (χ1) is 12.5. The van der Waals surface area contributed by atoms with E-state index >= 15 is 0 Å². The van der Waals surface area contributed by atoms with Crippen molar-refractivity contribution in [1.29, 1.82) is 0 Å². The van der Waals surface area contributed by atoms with Crippen molar-refractivity contribution in [3.8, 4) is 0 Å². The fourth-order valence-corrected chi connectivity index (χ4v) is 3.62. The lowest BCUT2D eigenvalue weighted by Gasteiger charge is -2.32. The highest BCUT2D eigenvalue weighted by Crippen LogP contribution is 2.18. The van der Waals surface area contributed by atoms with Crippen molar-refractivity contribution >= 4 is 28.3 Å². The highest BCUT2D eigenvalue weighted by Gasteiger charge is 2.23. The highest BCUT2D eigenvalue weighted by atomic mass is 32.1. The first-order valence-corrected chi connectivity index (χ1v) is 9.58. The van der Waals surface area contributed by atoms with Gasteiger partial charge in [-0.15, -0.1) is 11.3 Å². The van der Waals surface area contributed by atoms with Crippen molar-refractivity contribution in [3.63, 3.8) is 0 Å². The van der Waals surface area contributed by atoms with Crippen molar-refractivity contribution < 1.29 is 14.1 Å². The molecule has 3 rings (SSSR count). The molecular formula is C17H23N5O3S. The van der Waals surface area contributed by atoms with Gasteiger partial charge >= 0.3 is 0 Å². The third-order valence-corrected chi connectivity index (χ3v) is 5.27. The number of aryl methyl sites for hydroxylation is 2. The van der Waals surface area contributed by atoms with Gasteiger partial charge < -0.3 is 20.5 Å². The molecule has 2 aromatic rings. The van der Waals surface area contributed by atoms with Crippen LogP contribution in [0.1, 0.15) is 41.2 Å². The molecule has 0 radical (unpaired) electrons. The number of amides is 2. The standard InChI is InChI=1S/C17H23N5O3S/c1-11-8-14(21-25-11)16(24)19-9-12-4-6-22(7-5-12)15(23)3-2-13-10-26-17(18)20-13/h8,10,12H,2-7,9H2,1H3,(H2,18,20)(H,19,24). The average Bonchev–Trinajstić information content (AvgIpc) is 3.26. The average molecular weight is 377 g/mol. The molecule has 3 N–H and O–H groups in total. The number of nitrogens with one attached hydrogen (secondary N) is 1. The molecule has 0 bridgehead atoms. The van der Waals surface area contributed by atoms with E-state index in [2.05, 4.69) is 15.5 Å². The van der Waals surface area contributed by atoms with Crippen LogP contribution in [-0.4, -0.2) is 46.5 Å². The lowest BCUT2D eigenvalue weighted by atomic mass is 9.96. The Hall–Kier alpha value is -2.42. The number of nitrogens with two attached hydrogens (primary N) is 1. The molecule has 8 nitrogen and oxygen atoms in total. The summed E-state index contributed by atoms with van der Waals surface area (Å²) in [7, 11) is 0. The van der Waals surface area contributed by atoms with Crippen LogP contribution < -0.4 is 11.1 Å². The van der Waals surface area contributed by atoms with Crippen LogP contribution in [0.4, 0.5) is 5.13 Å². The molecule has 0 saturated carbocycles. The fraction of sp³-hybridized carbons (Fsp3) is 0.529. The van der Waals surface area contributed by atoms with Crippen molar-refractivity contribution in [3.05, 3.63) is 28.6 Å². The minimum atomic E-state index is -0.220. The normalized spacial score (nSPS) is 15.2. The quantitative estimate of drug-likeness (QED) is 0.791. The molecule has 1 aliphatic rings. The van der Waals surface area contributed by atoms with Crippen molar-refractivity contribution in [1.82, 2.24) is 20.4 Å². The molecule has 140 valence electrons. The first-order valence-electron chi connectivity index (χ1n) is 8.70. The van der Waals surface area contributed by atoms with E-state index in [1.165, 1.54) is 11.3 Å². The molecule has 2 aromatic heterocycles. The first kappa shape index (κ1) is 18.4. The van der Waals surface area contributed by atoms with E-state index in [0.29, 0.717) is 41.9 Å². The Balaban J connectivity index is 1.37. The third-order valence-electron chi connectivity index (χ3n) is 4.54. The van der Waals surface area contributed by atoms with Gasteiger partial charge in [0, 0.05) is 37.5 Å². The van der Waals surface area contributed by atoms with Gasteiger partial charge in [0.2, 0.25) is 5.91 Å². The zero-order chi connectivity index (χ0) is 18.5. The molecule has 0 spiro atoms. The largest absolute Gasteiger partial charge is 0.375 e. The number of hydrogen-bond donors (Lipinski definition) is 2. The molecule has 1 aliphatic heterocycles. The molecular weight excluding hydrogens is 354 g/mol. The number of thiazole rings is 1. The minimum absolute atomic E-state index is 0.150. The number of hydrogen-bond acceptors (Lipinski definition) is 7. The summed E-state index contributed by atoms with van der Waals surface area (Å²) in [6.45, 7) is 3.79. The number of anilines is 1. The maximum Gasteiger partial charge on any atom is 0.273 e. The summed E-state index contributed by atoms with van der Waals surface area (Å²) in [4.78, 5) is 30.4. The summed E-state index contributed by atoms with van der Waals surface area (Å²) in [6, 6.07) is 1.62. The molecule has 1 saturated heterocycles. The van der Waals surface area contributed by atoms with Crippen LogP contribution >= 0.6 is 11.3 Å². The van der Waals surface area contributed by atoms with Crippen molar-refractivity contribution in [2.75, 3.05) is 25.4 Å². The molecule has 0 atom stereocenters. The Morgan fingerprint density at radius 2 is 2.19 bits per heavy atom. The van der Waals surface area contributed by atoms with Gasteiger partial charge in [-0.1, -0.05) is 5.16 Å². The van der Waals surface area contributed by atoms with Gasteiger partial charge in [-0.2, -0.15) is 0 Å². The lowest BCUT2D eigenvalue weighted by molar-refractivity contribution is -0.132. The predicted molar refractivity (Wildman–Crippen MR) is 97.7 cm³/mol. The van der Waals surface area contributed by atoms with Crippen LogP contribution in [-0.2, 0) is 11.2 Å². The van der Waals surface area contributed by atoms with E-state index in [-0.39, 0.29) is 11.8 Å². The van der Waals surface area contributed by atoms with E-state index in [1.807, 2.05) is 10.3 Å². The van der Waals surface area contributed by atoms with Crippen LogP contribution in [0.3, 0.4) is 0 Å². The van der Waals surface area contributed by atoms with Crippen LogP contribution in [0.15, 0.2) is 16.0 Å². The topological polar surface area (TPSA) is 114 Å². The van der Waals surface area contributed by atoms with Crippen molar-refractivity contribution in [2.45, 2.75) is 32.6 Å². The zero-order valence-corrected chi connectivity index (χ0v) is 15.6. The Morgan fingerprint density at radius 3 is 2.81 bits per heavy atom. The summed E-state index contributed by atoms with van der Waals surface area (Å²) in [5.74, 6) is 0.914. The summed E-state index contributed by atoms with van der Waals surface area (Å²) < 4.78 is 4.91. The van der Waals surface area contributed by atoms with E-state index in [1.54, 1.807) is 13.0 Å². The van der Waals surface area contributed by atoms with Gasteiger partial charge in [0.05, 0.1) is 5.69 Å². The van der Waals surface area contributed by atoms with Gasteiger partial charge in [-0.25, -0.2) is 4.98 Å². The van der Waals surface area contributed by atoms with Crippen LogP contribution in [0.25, 0.3) is 0 Å². The number of carbonyl (C=O) groups is 2. The zero-order valence-electron chi connectivity index (χ0n) is 14.7. The number of nitrogens with zero attached hydrogens (tertiary/aromatic N) is 3. The number of nitrogen functional groups attached to an aromatic ring is 1. The van der Waals surface area contributed by atoms with E-state index < -0.39 is 0 Å². The van der Waals surface area contributed by atoms with Crippen molar-refractivity contribution in [2.24, 2.45) is 5.92 Å². The predicted octanol–water partition coefficient (Wildman–Crippen LogP) is 1.62. The van der Waals surface area contributed by atoms with E-state index in [0.717, 1.165) is 31.6 Å². The van der Waals surface area contributed by atoms with Gasteiger partial charge in [-0.05, 0) is 32.1 Å². The maximum absolute atomic E-state index is 12.3.